The Morgan fingerprint density at radius 2 is 1.55 bits per heavy atom. The fourth-order valence-corrected chi connectivity index (χ4v) is 1.74. The summed E-state index contributed by atoms with van der Waals surface area (Å²) >= 11 is 0. The number of ether oxygens (including phenoxy) is 1. The molecule has 0 heterocycles. The van der Waals surface area contributed by atoms with E-state index >= 15 is 0 Å². The molecule has 0 saturated heterocycles. The van der Waals surface area contributed by atoms with Crippen molar-refractivity contribution in [1.82, 2.24) is 10.6 Å². The molecule has 0 spiro atoms. The van der Waals surface area contributed by atoms with E-state index in [4.69, 9.17) is 4.74 Å². The van der Waals surface area contributed by atoms with Crippen molar-refractivity contribution in [2.75, 3.05) is 32.9 Å². The lowest BCUT2D eigenvalue weighted by atomic mass is 9.93. The summed E-state index contributed by atoms with van der Waals surface area (Å²) < 4.78 is 5.19. The highest BCUT2D eigenvalue weighted by atomic mass is 16.6. The highest BCUT2D eigenvalue weighted by Gasteiger charge is 2.29. The van der Waals surface area contributed by atoms with Crippen molar-refractivity contribution < 1.29 is 24.9 Å². The zero-order chi connectivity index (χ0) is 17.4. The van der Waals surface area contributed by atoms with Gasteiger partial charge in [0.15, 0.2) is 0 Å². The highest BCUT2D eigenvalue weighted by molar-refractivity contribution is 5.67. The number of aliphatic hydroxyl groups excluding tert-OH is 3. The first-order valence-electron chi connectivity index (χ1n) is 7.63. The summed E-state index contributed by atoms with van der Waals surface area (Å²) in [6, 6.07) is 0. The minimum atomic E-state index is -1.11. The van der Waals surface area contributed by atoms with E-state index in [0.717, 1.165) is 0 Å². The molecule has 0 bridgehead atoms. The first-order chi connectivity index (χ1) is 10.1. The van der Waals surface area contributed by atoms with E-state index in [2.05, 4.69) is 10.6 Å². The molecular weight excluding hydrogens is 288 g/mol. The van der Waals surface area contributed by atoms with Crippen molar-refractivity contribution in [2.45, 2.75) is 45.8 Å². The lowest BCUT2D eigenvalue weighted by Crippen LogP contribution is -2.57. The van der Waals surface area contributed by atoms with E-state index in [9.17, 15) is 20.1 Å². The minimum absolute atomic E-state index is 0.0662. The second-order valence-corrected chi connectivity index (χ2v) is 7.02. The maximum atomic E-state index is 11.7. The second-order valence-electron chi connectivity index (χ2n) is 7.02. The molecule has 132 valence electrons. The van der Waals surface area contributed by atoms with E-state index in [1.165, 1.54) is 0 Å². The maximum absolute atomic E-state index is 11.7. The fourth-order valence-electron chi connectivity index (χ4n) is 1.74. The van der Waals surface area contributed by atoms with Crippen molar-refractivity contribution in [1.29, 1.82) is 0 Å². The molecule has 0 aliphatic carbocycles. The number of carbonyl (C=O) groups excluding carboxylic acids is 1. The summed E-state index contributed by atoms with van der Waals surface area (Å²) in [6.45, 7) is 9.15. The van der Waals surface area contributed by atoms with Crippen LogP contribution in [0.3, 0.4) is 0 Å². The number of hydrogen-bond acceptors (Lipinski definition) is 6. The van der Waals surface area contributed by atoms with Crippen LogP contribution in [0.4, 0.5) is 4.79 Å². The predicted octanol–water partition coefficient (Wildman–Crippen LogP) is 0.0886. The van der Waals surface area contributed by atoms with Gasteiger partial charge in [0.25, 0.3) is 0 Å². The van der Waals surface area contributed by atoms with Crippen molar-refractivity contribution in [3.8, 4) is 0 Å². The summed E-state index contributed by atoms with van der Waals surface area (Å²) in [6.07, 6.45) is -0.476. The van der Waals surface area contributed by atoms with Crippen LogP contribution in [0.1, 0.15) is 34.6 Å². The lowest BCUT2D eigenvalue weighted by Gasteiger charge is -2.32. The topological polar surface area (TPSA) is 111 Å². The van der Waals surface area contributed by atoms with Gasteiger partial charge >= 0.3 is 6.09 Å². The number of nitrogens with one attached hydrogen (secondary N) is 2. The molecule has 1 amide bonds. The van der Waals surface area contributed by atoms with Gasteiger partial charge in [-0.1, -0.05) is 13.8 Å². The summed E-state index contributed by atoms with van der Waals surface area (Å²) in [5.41, 5.74) is -1.66. The minimum Gasteiger partial charge on any atom is -0.444 e. The molecule has 0 saturated carbocycles. The fraction of sp³-hybridized carbons (Fsp3) is 0.933. The maximum Gasteiger partial charge on any atom is 0.407 e. The Labute approximate surface area is 133 Å². The van der Waals surface area contributed by atoms with Crippen LogP contribution in [-0.4, -0.2) is 65.5 Å². The van der Waals surface area contributed by atoms with Gasteiger partial charge in [0.1, 0.15) is 5.60 Å². The molecule has 22 heavy (non-hydrogen) atoms. The smallest absolute Gasteiger partial charge is 0.407 e. The van der Waals surface area contributed by atoms with E-state index in [0.29, 0.717) is 13.1 Å². The van der Waals surface area contributed by atoms with E-state index in [-0.39, 0.29) is 31.7 Å². The molecule has 1 unspecified atom stereocenters. The molecule has 7 nitrogen and oxygen atoms in total. The second kappa shape index (κ2) is 9.29. The number of aliphatic hydroxyl groups is 3. The van der Waals surface area contributed by atoms with Gasteiger partial charge in [-0.05, 0) is 32.6 Å². The summed E-state index contributed by atoms with van der Waals surface area (Å²) in [5, 5.41) is 33.6. The molecule has 0 radical (unpaired) electrons. The quantitative estimate of drug-likeness (QED) is 0.412. The number of rotatable bonds is 9. The number of alkyl carbamates (subject to hydrolysis) is 1. The van der Waals surface area contributed by atoms with Crippen molar-refractivity contribution in [3.63, 3.8) is 0 Å². The normalized spacial score (nSPS) is 14.0. The Hall–Kier alpha value is -0.890. The lowest BCUT2D eigenvalue weighted by molar-refractivity contribution is 0.0366. The molecule has 0 aliphatic heterocycles. The first kappa shape index (κ1) is 21.1. The standard InChI is InChI=1S/C15H32N2O5/c1-11(2)12(6-16-13(21)22-14(3,4)5)7-17-15(8-18,9-19)10-20/h11-12,17-20H,6-10H2,1-5H3,(H,16,21). The third-order valence-corrected chi connectivity index (χ3v) is 3.50. The van der Waals surface area contributed by atoms with Gasteiger partial charge in [-0.25, -0.2) is 4.79 Å². The largest absolute Gasteiger partial charge is 0.444 e. The Morgan fingerprint density at radius 1 is 1.05 bits per heavy atom. The Kier molecular flexibility index (Phi) is 8.92. The van der Waals surface area contributed by atoms with Crippen LogP contribution < -0.4 is 10.6 Å². The van der Waals surface area contributed by atoms with E-state index in [1.54, 1.807) is 20.8 Å². The highest BCUT2D eigenvalue weighted by Crippen LogP contribution is 2.12. The number of hydrogen-bond donors (Lipinski definition) is 5. The molecule has 0 aromatic carbocycles. The average molecular weight is 320 g/mol. The van der Waals surface area contributed by atoms with E-state index in [1.807, 2.05) is 13.8 Å². The third kappa shape index (κ3) is 7.93. The Bertz CT molecular complexity index is 316. The molecular formula is C15H32N2O5. The van der Waals surface area contributed by atoms with Gasteiger partial charge in [-0.3, -0.25) is 0 Å². The Morgan fingerprint density at radius 3 is 1.91 bits per heavy atom. The molecule has 0 aromatic rings. The van der Waals surface area contributed by atoms with Crippen molar-refractivity contribution in [2.24, 2.45) is 11.8 Å². The average Bonchev–Trinajstić information content (AvgIpc) is 2.41. The van der Waals surface area contributed by atoms with Gasteiger partial charge in [0.05, 0.1) is 25.4 Å². The van der Waals surface area contributed by atoms with Gasteiger partial charge in [0.2, 0.25) is 0 Å². The monoisotopic (exact) mass is 320 g/mol. The van der Waals surface area contributed by atoms with Crippen molar-refractivity contribution in [3.05, 3.63) is 0 Å². The SMILES string of the molecule is CC(C)C(CNC(=O)OC(C)(C)C)CNC(CO)(CO)CO. The molecule has 5 N–H and O–H groups in total. The van der Waals surface area contributed by atoms with Crippen LogP contribution in [0, 0.1) is 11.8 Å². The van der Waals surface area contributed by atoms with Crippen LogP contribution in [0.15, 0.2) is 0 Å². The summed E-state index contributed by atoms with van der Waals surface area (Å²) in [4.78, 5) is 11.7. The van der Waals surface area contributed by atoms with Gasteiger partial charge in [0, 0.05) is 13.1 Å². The van der Waals surface area contributed by atoms with E-state index < -0.39 is 17.2 Å². The van der Waals surface area contributed by atoms with Gasteiger partial charge < -0.3 is 30.7 Å². The molecule has 1 atom stereocenters. The number of carbonyl (C=O) groups is 1. The van der Waals surface area contributed by atoms with Crippen LogP contribution >= 0.6 is 0 Å². The van der Waals surface area contributed by atoms with Gasteiger partial charge in [-0.2, -0.15) is 0 Å². The molecule has 0 aromatic heterocycles. The van der Waals surface area contributed by atoms with Gasteiger partial charge in [-0.15, -0.1) is 0 Å². The zero-order valence-electron chi connectivity index (χ0n) is 14.3. The molecule has 0 fully saturated rings. The Balaban J connectivity index is 4.47. The van der Waals surface area contributed by atoms with Crippen molar-refractivity contribution >= 4 is 6.09 Å². The zero-order valence-corrected chi connectivity index (χ0v) is 14.3. The van der Waals surface area contributed by atoms with Crippen LogP contribution in [0.5, 0.6) is 0 Å². The van der Waals surface area contributed by atoms with Crippen LogP contribution in [0.2, 0.25) is 0 Å². The van der Waals surface area contributed by atoms with Crippen LogP contribution in [0.25, 0.3) is 0 Å². The summed E-state index contributed by atoms with van der Waals surface area (Å²) in [7, 11) is 0. The molecule has 0 rings (SSSR count). The predicted molar refractivity (Wildman–Crippen MR) is 84.6 cm³/mol. The first-order valence-corrected chi connectivity index (χ1v) is 7.63. The van der Waals surface area contributed by atoms with Crippen LogP contribution in [-0.2, 0) is 4.74 Å². The third-order valence-electron chi connectivity index (χ3n) is 3.50. The molecule has 7 heteroatoms. The number of amides is 1. The molecule has 0 aliphatic rings. The summed E-state index contributed by atoms with van der Waals surface area (Å²) in [5.74, 6) is 0.327.